The fourth-order valence-corrected chi connectivity index (χ4v) is 4.08. The molecule has 0 unspecified atom stereocenters. The molecule has 4 heteroatoms. The second-order valence-electron chi connectivity index (χ2n) is 9.25. The Morgan fingerprint density at radius 3 is 2.12 bits per heavy atom. The van der Waals surface area contributed by atoms with Gasteiger partial charge in [-0.1, -0.05) is 69.1 Å². The SMILES string of the molecule is CCCCCC(=O)N(CC/C=C\C/C=C\C/C=C\CCCC(=O)NC1CCCC1)C(C)C. The largest absolute Gasteiger partial charge is 0.353 e. The lowest BCUT2D eigenvalue weighted by atomic mass is 10.1. The van der Waals surface area contributed by atoms with Gasteiger partial charge in [-0.25, -0.2) is 0 Å². The van der Waals surface area contributed by atoms with Crippen molar-refractivity contribution in [3.63, 3.8) is 0 Å². The molecule has 0 aromatic rings. The fourth-order valence-electron chi connectivity index (χ4n) is 4.08. The molecule has 0 atom stereocenters. The molecular formula is C28H48N2O2. The van der Waals surface area contributed by atoms with Crippen LogP contribution in [0, 0.1) is 0 Å². The Hall–Kier alpha value is -1.84. The average Bonchev–Trinajstić information content (AvgIpc) is 3.26. The van der Waals surface area contributed by atoms with Crippen LogP contribution in [0.1, 0.15) is 111 Å². The second-order valence-corrected chi connectivity index (χ2v) is 9.25. The van der Waals surface area contributed by atoms with E-state index >= 15 is 0 Å². The van der Waals surface area contributed by atoms with Gasteiger partial charge in [0.15, 0.2) is 0 Å². The monoisotopic (exact) mass is 444 g/mol. The molecule has 0 bridgehead atoms. The highest BCUT2D eigenvalue weighted by atomic mass is 16.2. The Morgan fingerprint density at radius 2 is 1.50 bits per heavy atom. The summed E-state index contributed by atoms with van der Waals surface area (Å²) in [5.74, 6) is 0.511. The molecule has 0 aromatic carbocycles. The third-order valence-electron chi connectivity index (χ3n) is 6.01. The van der Waals surface area contributed by atoms with Crippen molar-refractivity contribution < 1.29 is 9.59 Å². The number of amides is 2. The maximum atomic E-state index is 12.4. The normalized spacial score (nSPS) is 15.0. The van der Waals surface area contributed by atoms with E-state index in [4.69, 9.17) is 0 Å². The van der Waals surface area contributed by atoms with Gasteiger partial charge in [0.25, 0.3) is 0 Å². The summed E-state index contributed by atoms with van der Waals surface area (Å²) in [6.45, 7) is 7.18. The number of allylic oxidation sites excluding steroid dienone is 5. The first-order valence-corrected chi connectivity index (χ1v) is 13.1. The maximum Gasteiger partial charge on any atom is 0.222 e. The molecule has 1 rings (SSSR count). The topological polar surface area (TPSA) is 49.4 Å². The highest BCUT2D eigenvalue weighted by molar-refractivity contribution is 5.76. The van der Waals surface area contributed by atoms with Crippen LogP contribution in [0.4, 0.5) is 0 Å². The Balaban J connectivity index is 2.05. The summed E-state index contributed by atoms with van der Waals surface area (Å²) >= 11 is 0. The van der Waals surface area contributed by atoms with Crippen molar-refractivity contribution in [1.82, 2.24) is 10.2 Å². The van der Waals surface area contributed by atoms with Gasteiger partial charge >= 0.3 is 0 Å². The van der Waals surface area contributed by atoms with Crippen LogP contribution >= 0.6 is 0 Å². The number of rotatable bonds is 17. The van der Waals surface area contributed by atoms with Crippen molar-refractivity contribution in [2.45, 2.75) is 123 Å². The molecule has 1 aliphatic rings. The summed E-state index contributed by atoms with van der Waals surface area (Å²) in [5.41, 5.74) is 0. The quantitative estimate of drug-likeness (QED) is 0.196. The fraction of sp³-hybridized carbons (Fsp3) is 0.714. The summed E-state index contributed by atoms with van der Waals surface area (Å²) < 4.78 is 0. The minimum atomic E-state index is 0.217. The third kappa shape index (κ3) is 14.3. The van der Waals surface area contributed by atoms with Gasteiger partial charge in [0.1, 0.15) is 0 Å². The first-order valence-electron chi connectivity index (χ1n) is 13.1. The van der Waals surface area contributed by atoms with Crippen LogP contribution in [0.25, 0.3) is 0 Å². The first-order chi connectivity index (χ1) is 15.5. The highest BCUT2D eigenvalue weighted by Crippen LogP contribution is 2.17. The van der Waals surface area contributed by atoms with Gasteiger partial charge in [-0.15, -0.1) is 0 Å². The summed E-state index contributed by atoms with van der Waals surface area (Å²) in [6, 6.07) is 0.704. The molecule has 1 aliphatic carbocycles. The molecule has 32 heavy (non-hydrogen) atoms. The number of nitrogens with zero attached hydrogens (tertiary/aromatic N) is 1. The smallest absolute Gasteiger partial charge is 0.222 e. The number of nitrogens with one attached hydrogen (secondary N) is 1. The van der Waals surface area contributed by atoms with E-state index < -0.39 is 0 Å². The molecule has 4 nitrogen and oxygen atoms in total. The summed E-state index contributed by atoms with van der Waals surface area (Å²) in [6.07, 6.45) is 27.2. The van der Waals surface area contributed by atoms with Crippen molar-refractivity contribution in [2.24, 2.45) is 0 Å². The first kappa shape index (κ1) is 28.2. The van der Waals surface area contributed by atoms with Crippen LogP contribution in [-0.2, 0) is 9.59 Å². The maximum absolute atomic E-state index is 12.4. The summed E-state index contributed by atoms with van der Waals surface area (Å²) in [4.78, 5) is 26.2. The van der Waals surface area contributed by atoms with Gasteiger partial charge < -0.3 is 10.2 Å². The van der Waals surface area contributed by atoms with E-state index in [-0.39, 0.29) is 11.9 Å². The van der Waals surface area contributed by atoms with E-state index in [1.807, 2.05) is 4.90 Å². The molecule has 182 valence electrons. The van der Waals surface area contributed by atoms with Gasteiger partial charge in [0.2, 0.25) is 11.8 Å². The third-order valence-corrected chi connectivity index (χ3v) is 6.01. The second kappa shape index (κ2) is 18.7. The molecule has 0 aliphatic heterocycles. The van der Waals surface area contributed by atoms with Crippen LogP contribution in [-0.4, -0.2) is 35.3 Å². The van der Waals surface area contributed by atoms with Gasteiger partial charge in [-0.3, -0.25) is 9.59 Å². The van der Waals surface area contributed by atoms with Crippen LogP contribution in [0.2, 0.25) is 0 Å². The van der Waals surface area contributed by atoms with Crippen molar-refractivity contribution >= 4 is 11.8 Å². The Morgan fingerprint density at radius 1 is 0.875 bits per heavy atom. The number of hydrogen-bond acceptors (Lipinski definition) is 2. The minimum Gasteiger partial charge on any atom is -0.353 e. The Kier molecular flexibility index (Phi) is 16.5. The van der Waals surface area contributed by atoms with E-state index in [0.717, 1.165) is 70.8 Å². The molecule has 1 saturated carbocycles. The zero-order valence-electron chi connectivity index (χ0n) is 21.0. The molecular weight excluding hydrogens is 396 g/mol. The highest BCUT2D eigenvalue weighted by Gasteiger charge is 2.16. The molecule has 0 saturated heterocycles. The lowest BCUT2D eigenvalue weighted by molar-refractivity contribution is -0.133. The van der Waals surface area contributed by atoms with E-state index in [1.165, 1.54) is 12.8 Å². The van der Waals surface area contributed by atoms with Gasteiger partial charge in [0.05, 0.1) is 0 Å². The Bertz CT molecular complexity index is 586. The average molecular weight is 445 g/mol. The van der Waals surface area contributed by atoms with E-state index in [0.29, 0.717) is 24.8 Å². The van der Waals surface area contributed by atoms with Crippen LogP contribution in [0.5, 0.6) is 0 Å². The van der Waals surface area contributed by atoms with Crippen LogP contribution < -0.4 is 5.32 Å². The Labute approximate surface area is 197 Å². The molecule has 0 aromatic heterocycles. The molecule has 0 heterocycles. The lowest BCUT2D eigenvalue weighted by Crippen LogP contribution is -2.37. The van der Waals surface area contributed by atoms with E-state index in [2.05, 4.69) is 62.5 Å². The zero-order valence-corrected chi connectivity index (χ0v) is 21.0. The summed E-state index contributed by atoms with van der Waals surface area (Å²) in [7, 11) is 0. The minimum absolute atomic E-state index is 0.217. The number of unbranched alkanes of at least 4 members (excludes halogenated alkanes) is 3. The van der Waals surface area contributed by atoms with Crippen molar-refractivity contribution in [2.75, 3.05) is 6.54 Å². The molecule has 0 spiro atoms. The number of carbonyl (C=O) groups excluding carboxylic acids is 2. The van der Waals surface area contributed by atoms with Crippen LogP contribution in [0.3, 0.4) is 0 Å². The number of hydrogen-bond donors (Lipinski definition) is 1. The molecule has 2 amide bonds. The number of carbonyl (C=O) groups is 2. The standard InChI is InChI=1S/C28H48N2O2/c1-4-5-15-23-28(32)30(25(2)3)24-19-14-12-10-8-6-7-9-11-13-16-22-27(31)29-26-20-17-18-21-26/h6,8-9,11-12,14,25-26H,4-5,7,10,13,15-24H2,1-3H3,(H,29,31)/b8-6-,11-9-,14-12-. The predicted molar refractivity (Wildman–Crippen MR) is 137 cm³/mol. The van der Waals surface area contributed by atoms with Gasteiger partial charge in [-0.2, -0.15) is 0 Å². The van der Waals surface area contributed by atoms with Crippen molar-refractivity contribution in [3.05, 3.63) is 36.5 Å². The van der Waals surface area contributed by atoms with Crippen LogP contribution in [0.15, 0.2) is 36.5 Å². The van der Waals surface area contributed by atoms with Gasteiger partial charge in [0, 0.05) is 31.5 Å². The molecule has 0 radical (unpaired) electrons. The molecule has 1 N–H and O–H groups in total. The summed E-state index contributed by atoms with van der Waals surface area (Å²) in [5, 5.41) is 3.15. The van der Waals surface area contributed by atoms with Crippen molar-refractivity contribution in [3.8, 4) is 0 Å². The van der Waals surface area contributed by atoms with Gasteiger partial charge in [-0.05, 0) is 65.2 Å². The predicted octanol–water partition coefficient (Wildman–Crippen LogP) is 6.87. The van der Waals surface area contributed by atoms with E-state index in [9.17, 15) is 9.59 Å². The zero-order chi connectivity index (χ0) is 23.4. The lowest BCUT2D eigenvalue weighted by Gasteiger charge is -2.26. The van der Waals surface area contributed by atoms with E-state index in [1.54, 1.807) is 0 Å². The molecule has 1 fully saturated rings. The van der Waals surface area contributed by atoms with Crippen molar-refractivity contribution in [1.29, 1.82) is 0 Å².